The van der Waals surface area contributed by atoms with Gasteiger partial charge >= 0.3 is 0 Å². The van der Waals surface area contributed by atoms with Crippen molar-refractivity contribution in [3.8, 4) is 0 Å². The molecular weight excluding hydrogens is 740 g/mol. The molecule has 3 atom stereocenters. The second-order valence-electron chi connectivity index (χ2n) is 12.4. The Balaban J connectivity index is 6.35. The molecule has 26 heteroatoms. The van der Waals surface area contributed by atoms with E-state index in [9.17, 15) is 38.4 Å². The molecule has 0 bridgehead atoms. The van der Waals surface area contributed by atoms with E-state index >= 15 is 0 Å². The predicted octanol–water partition coefficient (Wildman–Crippen LogP) is -9.56. The van der Waals surface area contributed by atoms with Crippen LogP contribution in [0.3, 0.4) is 0 Å². The summed E-state index contributed by atoms with van der Waals surface area (Å²) in [7, 11) is 1.39. The van der Waals surface area contributed by atoms with E-state index in [1.54, 1.807) is 11.8 Å². The number of carbonyl (C=O) groups is 8. The van der Waals surface area contributed by atoms with Crippen LogP contribution in [0.15, 0.2) is 15.0 Å². The molecule has 0 heterocycles. The number of Topliss-reactive ketones (excluding diaryl/α,β-unsaturated/α-hetero) is 2. The van der Waals surface area contributed by atoms with Crippen molar-refractivity contribution < 1.29 is 38.4 Å². The van der Waals surface area contributed by atoms with Gasteiger partial charge in [-0.25, -0.2) is 0 Å². The van der Waals surface area contributed by atoms with E-state index in [0.29, 0.717) is 0 Å². The van der Waals surface area contributed by atoms with Crippen molar-refractivity contribution in [2.24, 2.45) is 72.5 Å². The van der Waals surface area contributed by atoms with E-state index in [1.165, 1.54) is 16.8 Å². The van der Waals surface area contributed by atoms with Gasteiger partial charge in [0.05, 0.1) is 58.3 Å². The maximum Gasteiger partial charge on any atom is 0.241 e. The lowest BCUT2D eigenvalue weighted by Gasteiger charge is -2.29. The fourth-order valence-electron chi connectivity index (χ4n) is 4.66. The zero-order valence-electron chi connectivity index (χ0n) is 31.8. The summed E-state index contributed by atoms with van der Waals surface area (Å²) in [6.07, 6.45) is -0.203. The largest absolute Gasteiger partial charge is 0.370 e. The summed E-state index contributed by atoms with van der Waals surface area (Å²) in [6, 6.07) is -2.55. The van der Waals surface area contributed by atoms with Gasteiger partial charge in [0.25, 0.3) is 0 Å². The topological polar surface area (TPSA) is 454 Å². The van der Waals surface area contributed by atoms with E-state index in [-0.39, 0.29) is 108 Å². The number of carbonyl (C=O) groups excluding carboxylic acids is 8. The summed E-state index contributed by atoms with van der Waals surface area (Å²) in [6.45, 7) is -0.846. The summed E-state index contributed by atoms with van der Waals surface area (Å²) in [5.74, 6) is -7.22. The molecule has 6 amide bonds. The Labute approximate surface area is 323 Å². The maximum atomic E-state index is 13.2. The number of primary amides is 3. The first kappa shape index (κ1) is 49.9. The van der Waals surface area contributed by atoms with E-state index in [0.717, 1.165) is 0 Å². The Morgan fingerprint density at radius 2 is 0.875 bits per heavy atom. The molecule has 0 aliphatic carbocycles. The van der Waals surface area contributed by atoms with Crippen LogP contribution >= 0.6 is 0 Å². The molecule has 0 spiro atoms. The van der Waals surface area contributed by atoms with Crippen LogP contribution in [-0.4, -0.2) is 177 Å². The molecule has 0 rings (SSSR count). The molecule has 0 aliphatic rings. The van der Waals surface area contributed by atoms with Gasteiger partial charge in [-0.2, -0.15) is 0 Å². The average molecular weight is 799 g/mol. The Bertz CT molecular complexity index is 1380. The molecule has 26 nitrogen and oxygen atoms in total. The number of nitrogens with zero attached hydrogens (tertiary/aromatic N) is 6. The van der Waals surface area contributed by atoms with Crippen molar-refractivity contribution in [3.63, 3.8) is 0 Å². The van der Waals surface area contributed by atoms with E-state index < -0.39 is 65.8 Å². The summed E-state index contributed by atoms with van der Waals surface area (Å²) in [5, 5.41) is 7.33. The van der Waals surface area contributed by atoms with Gasteiger partial charge in [-0.15, -0.1) is 0 Å². The Hall–Kier alpha value is -6.15. The second kappa shape index (κ2) is 26.6. The monoisotopic (exact) mass is 798 g/mol. The van der Waals surface area contributed by atoms with Crippen LogP contribution in [0, 0.1) is 5.92 Å². The molecule has 0 fully saturated rings. The van der Waals surface area contributed by atoms with Crippen molar-refractivity contribution >= 4 is 64.9 Å². The average Bonchev–Trinajstić information content (AvgIpc) is 3.10. The van der Waals surface area contributed by atoms with Crippen molar-refractivity contribution in [3.05, 3.63) is 0 Å². The van der Waals surface area contributed by atoms with Gasteiger partial charge in [-0.3, -0.25) is 68.0 Å². The third-order valence-corrected chi connectivity index (χ3v) is 7.68. The smallest absolute Gasteiger partial charge is 0.241 e. The van der Waals surface area contributed by atoms with Gasteiger partial charge in [0, 0.05) is 46.1 Å². The second-order valence-corrected chi connectivity index (χ2v) is 12.4. The van der Waals surface area contributed by atoms with Crippen LogP contribution in [0.5, 0.6) is 0 Å². The highest BCUT2D eigenvalue weighted by Crippen LogP contribution is 2.07. The van der Waals surface area contributed by atoms with Gasteiger partial charge in [0.15, 0.2) is 17.9 Å². The molecular formula is C30H58N18O8. The van der Waals surface area contributed by atoms with Gasteiger partial charge in [0.2, 0.25) is 35.4 Å². The van der Waals surface area contributed by atoms with Gasteiger partial charge in [-0.05, 0) is 0 Å². The molecule has 56 heavy (non-hydrogen) atoms. The molecule has 3 unspecified atom stereocenters. The van der Waals surface area contributed by atoms with Crippen LogP contribution in [0.1, 0.15) is 19.8 Å². The number of nitrogens with two attached hydrogens (primary N) is 9. The molecule has 0 saturated heterocycles. The number of ketones is 2. The highest BCUT2D eigenvalue weighted by molar-refractivity contribution is 5.90. The van der Waals surface area contributed by atoms with Gasteiger partial charge in [-0.1, -0.05) is 6.92 Å². The molecule has 0 radical (unpaired) electrons. The molecule has 0 saturated carbocycles. The summed E-state index contributed by atoms with van der Waals surface area (Å²) < 4.78 is 0. The van der Waals surface area contributed by atoms with Crippen molar-refractivity contribution in [2.45, 2.75) is 31.8 Å². The third-order valence-electron chi connectivity index (χ3n) is 7.68. The van der Waals surface area contributed by atoms with E-state index in [2.05, 4.69) is 30.9 Å². The molecule has 21 N–H and O–H groups in total. The number of aliphatic imine (C=N–C) groups is 3. The number of amides is 6. The van der Waals surface area contributed by atoms with Crippen molar-refractivity contribution in [1.29, 1.82) is 0 Å². The van der Waals surface area contributed by atoms with Gasteiger partial charge in [0.1, 0.15) is 23.7 Å². The number of hydrogen-bond donors (Lipinski definition) is 12. The fourth-order valence-corrected chi connectivity index (χ4v) is 4.66. The molecule has 0 aliphatic heterocycles. The van der Waals surface area contributed by atoms with E-state index in [1.807, 2.05) is 0 Å². The highest BCUT2D eigenvalue weighted by atomic mass is 16.2. The quantitative estimate of drug-likeness (QED) is 0.0237. The zero-order valence-corrected chi connectivity index (χ0v) is 31.8. The lowest BCUT2D eigenvalue weighted by atomic mass is 10.0. The zero-order chi connectivity index (χ0) is 43.0. The minimum atomic E-state index is -1.29. The van der Waals surface area contributed by atoms with Gasteiger partial charge < -0.3 is 67.6 Å². The number of rotatable bonds is 30. The maximum absolute atomic E-state index is 13.2. The van der Waals surface area contributed by atoms with Crippen LogP contribution in [-0.2, 0) is 38.4 Å². The number of guanidine groups is 3. The Kier molecular flexibility index (Phi) is 23.7. The normalized spacial score (nSPS) is 12.4. The molecule has 0 aromatic carbocycles. The fraction of sp³-hybridized carbons (Fsp3) is 0.633. The first-order chi connectivity index (χ1) is 26.2. The van der Waals surface area contributed by atoms with E-state index in [4.69, 9.17) is 51.6 Å². The lowest BCUT2D eigenvalue weighted by Crippen LogP contribution is -2.53. The number of hydrogen-bond acceptors (Lipinski definition) is 14. The molecule has 0 aromatic heterocycles. The summed E-state index contributed by atoms with van der Waals surface area (Å²) in [5.41, 5.74) is 48.2. The highest BCUT2D eigenvalue weighted by Gasteiger charge is 2.25. The minimum absolute atomic E-state index is 0.00407. The standard InChI is InChI=1S/C30H58N18O8/c1-3-18(49)12-47(16-24(53)45-21(27(33)56)11-43-30(38)39)6-4-46(15-23(52)44-20(26(32)55)10-42-29(36)37)5-7-48(14-22(51)40-2)13-19(50)8-17(25(31)54)9-41-28(34)35/h17,20-21H,3-16H2,1-2H3,(H2,31,54)(H2,32,55)(H2,33,56)(H,40,51)(H,44,52)(H,45,53)(H4,34,35,41)(H4,36,37,42)(H4,38,39,43). The van der Waals surface area contributed by atoms with Crippen LogP contribution in [0.4, 0.5) is 0 Å². The summed E-state index contributed by atoms with van der Waals surface area (Å²) >= 11 is 0. The van der Waals surface area contributed by atoms with Crippen molar-refractivity contribution in [2.75, 3.05) is 85.6 Å². The third kappa shape index (κ3) is 23.5. The predicted molar refractivity (Wildman–Crippen MR) is 205 cm³/mol. The first-order valence-corrected chi connectivity index (χ1v) is 17.2. The Morgan fingerprint density at radius 1 is 0.500 bits per heavy atom. The molecule has 316 valence electrons. The lowest BCUT2D eigenvalue weighted by molar-refractivity contribution is -0.129. The SMILES string of the molecule is CCC(=O)CN(CCN(CCN(CC(=O)CC(CN=C(N)N)C(N)=O)CC(=O)NC)CC(=O)NC(CN=C(N)N)C(N)=O)CC(=O)NC(CN=C(N)N)C(N)=O. The van der Waals surface area contributed by atoms with Crippen LogP contribution < -0.4 is 67.6 Å². The van der Waals surface area contributed by atoms with Crippen LogP contribution in [0.2, 0.25) is 0 Å². The van der Waals surface area contributed by atoms with Crippen LogP contribution in [0.25, 0.3) is 0 Å². The van der Waals surface area contributed by atoms with Crippen molar-refractivity contribution in [1.82, 2.24) is 30.7 Å². The number of nitrogens with one attached hydrogen (secondary N) is 3. The Morgan fingerprint density at radius 3 is 1.25 bits per heavy atom. The minimum Gasteiger partial charge on any atom is -0.370 e. The number of likely N-dealkylation sites (N-methyl/N-ethyl adjacent to an activating group) is 1. The first-order valence-electron chi connectivity index (χ1n) is 17.2. The summed E-state index contributed by atoms with van der Waals surface area (Å²) in [4.78, 5) is 116. The molecule has 0 aromatic rings.